The zero-order valence-corrected chi connectivity index (χ0v) is 7.03. The summed E-state index contributed by atoms with van der Waals surface area (Å²) in [6, 6.07) is 0.904. The summed E-state index contributed by atoms with van der Waals surface area (Å²) in [6.45, 7) is 3.51. The van der Waals surface area contributed by atoms with Gasteiger partial charge in [0.25, 0.3) is 0 Å². The molecule has 1 aliphatic rings. The molecule has 0 aliphatic heterocycles. The normalized spacial score (nSPS) is 17.7. The molecule has 0 aromatic carbocycles. The number of unbranched alkanes of at least 4 members (excludes halogenated alkanes) is 3. The Labute approximate surface area is 64.2 Å². The maximum atomic E-state index is 3.52. The molecular formula is C9H19N. The van der Waals surface area contributed by atoms with E-state index < -0.39 is 0 Å². The van der Waals surface area contributed by atoms with Crippen molar-refractivity contribution >= 4 is 0 Å². The first-order valence-corrected chi connectivity index (χ1v) is 4.67. The van der Waals surface area contributed by atoms with E-state index >= 15 is 0 Å². The Morgan fingerprint density at radius 3 is 2.60 bits per heavy atom. The first kappa shape index (κ1) is 8.06. The maximum absolute atomic E-state index is 3.52. The van der Waals surface area contributed by atoms with Crippen LogP contribution in [0.4, 0.5) is 0 Å². The molecule has 0 saturated heterocycles. The van der Waals surface area contributed by atoms with Crippen LogP contribution in [0.5, 0.6) is 0 Å². The Balaban J connectivity index is 1.68. The van der Waals surface area contributed by atoms with Crippen LogP contribution in [0.25, 0.3) is 0 Å². The SMILES string of the molecule is CCCCCCNC1CC1. The second-order valence-corrected chi connectivity index (χ2v) is 3.29. The van der Waals surface area contributed by atoms with Gasteiger partial charge in [0.05, 0.1) is 0 Å². The molecule has 60 valence electrons. The van der Waals surface area contributed by atoms with E-state index in [0.29, 0.717) is 0 Å². The van der Waals surface area contributed by atoms with Crippen molar-refractivity contribution in [1.29, 1.82) is 0 Å². The molecule has 1 heteroatoms. The summed E-state index contributed by atoms with van der Waals surface area (Å²) >= 11 is 0. The first-order chi connectivity index (χ1) is 4.93. The Hall–Kier alpha value is -0.0400. The molecule has 1 nitrogen and oxygen atoms in total. The van der Waals surface area contributed by atoms with Crippen molar-refractivity contribution in [3.63, 3.8) is 0 Å². The molecule has 1 fully saturated rings. The smallest absolute Gasteiger partial charge is 0.00682 e. The van der Waals surface area contributed by atoms with Crippen LogP contribution in [-0.2, 0) is 0 Å². The van der Waals surface area contributed by atoms with Gasteiger partial charge >= 0.3 is 0 Å². The molecule has 1 rings (SSSR count). The Morgan fingerprint density at radius 1 is 1.20 bits per heavy atom. The van der Waals surface area contributed by atoms with Crippen LogP contribution in [-0.4, -0.2) is 12.6 Å². The van der Waals surface area contributed by atoms with Crippen molar-refractivity contribution in [2.24, 2.45) is 0 Å². The Bertz CT molecular complexity index is 76.8. The largest absolute Gasteiger partial charge is 0.314 e. The molecule has 0 aromatic rings. The zero-order valence-electron chi connectivity index (χ0n) is 7.03. The summed E-state index contributed by atoms with van der Waals surface area (Å²) in [5, 5.41) is 3.52. The van der Waals surface area contributed by atoms with E-state index in [-0.39, 0.29) is 0 Å². The minimum atomic E-state index is 0.904. The zero-order chi connectivity index (χ0) is 7.23. The second kappa shape index (κ2) is 4.73. The molecule has 0 radical (unpaired) electrons. The van der Waals surface area contributed by atoms with Crippen molar-refractivity contribution in [3.05, 3.63) is 0 Å². The highest BCUT2D eigenvalue weighted by Gasteiger charge is 2.19. The predicted octanol–water partition coefficient (Wildman–Crippen LogP) is 2.32. The third-order valence-electron chi connectivity index (χ3n) is 2.04. The second-order valence-electron chi connectivity index (χ2n) is 3.29. The molecule has 1 saturated carbocycles. The van der Waals surface area contributed by atoms with Gasteiger partial charge in [0.1, 0.15) is 0 Å². The van der Waals surface area contributed by atoms with Crippen LogP contribution in [0.1, 0.15) is 45.4 Å². The van der Waals surface area contributed by atoms with Gasteiger partial charge in [-0.25, -0.2) is 0 Å². The first-order valence-electron chi connectivity index (χ1n) is 4.67. The van der Waals surface area contributed by atoms with Gasteiger partial charge in [0.15, 0.2) is 0 Å². The van der Waals surface area contributed by atoms with Crippen molar-refractivity contribution in [2.75, 3.05) is 6.54 Å². The summed E-state index contributed by atoms with van der Waals surface area (Å²) in [5.74, 6) is 0. The van der Waals surface area contributed by atoms with Gasteiger partial charge in [0.2, 0.25) is 0 Å². The molecule has 0 spiro atoms. The van der Waals surface area contributed by atoms with Crippen molar-refractivity contribution in [3.8, 4) is 0 Å². The van der Waals surface area contributed by atoms with Crippen molar-refractivity contribution in [1.82, 2.24) is 5.32 Å². The van der Waals surface area contributed by atoms with Gasteiger partial charge in [0, 0.05) is 6.04 Å². The molecule has 0 heterocycles. The van der Waals surface area contributed by atoms with Crippen LogP contribution in [0.3, 0.4) is 0 Å². The average molecular weight is 141 g/mol. The van der Waals surface area contributed by atoms with Gasteiger partial charge in [-0.2, -0.15) is 0 Å². The highest BCUT2D eigenvalue weighted by Crippen LogP contribution is 2.18. The van der Waals surface area contributed by atoms with E-state index in [2.05, 4.69) is 12.2 Å². The fourth-order valence-corrected chi connectivity index (χ4v) is 1.15. The Kier molecular flexibility index (Phi) is 3.81. The van der Waals surface area contributed by atoms with Gasteiger partial charge < -0.3 is 5.32 Å². The predicted molar refractivity (Wildman–Crippen MR) is 45.2 cm³/mol. The van der Waals surface area contributed by atoms with Crippen LogP contribution < -0.4 is 5.32 Å². The minimum absolute atomic E-state index is 0.904. The fraction of sp³-hybridized carbons (Fsp3) is 1.00. The fourth-order valence-electron chi connectivity index (χ4n) is 1.15. The highest BCUT2D eigenvalue weighted by molar-refractivity contribution is 4.80. The quantitative estimate of drug-likeness (QED) is 0.560. The van der Waals surface area contributed by atoms with E-state index in [0.717, 1.165) is 6.04 Å². The summed E-state index contributed by atoms with van der Waals surface area (Å²) < 4.78 is 0. The summed E-state index contributed by atoms with van der Waals surface area (Å²) in [4.78, 5) is 0. The molecular weight excluding hydrogens is 122 g/mol. The summed E-state index contributed by atoms with van der Waals surface area (Å²) in [5.41, 5.74) is 0. The van der Waals surface area contributed by atoms with Crippen molar-refractivity contribution in [2.45, 2.75) is 51.5 Å². The Morgan fingerprint density at radius 2 is 2.00 bits per heavy atom. The standard InChI is InChI=1S/C9H19N/c1-2-3-4-5-8-10-9-6-7-9/h9-10H,2-8H2,1H3. The molecule has 0 unspecified atom stereocenters. The van der Waals surface area contributed by atoms with Crippen molar-refractivity contribution < 1.29 is 0 Å². The van der Waals surface area contributed by atoms with E-state index in [9.17, 15) is 0 Å². The molecule has 0 aromatic heterocycles. The number of hydrogen-bond acceptors (Lipinski definition) is 1. The maximum Gasteiger partial charge on any atom is 0.00682 e. The minimum Gasteiger partial charge on any atom is -0.314 e. The molecule has 1 N–H and O–H groups in total. The van der Waals surface area contributed by atoms with Crippen LogP contribution in [0.2, 0.25) is 0 Å². The summed E-state index contributed by atoms with van der Waals surface area (Å²) in [7, 11) is 0. The van der Waals surface area contributed by atoms with Crippen LogP contribution in [0.15, 0.2) is 0 Å². The third-order valence-corrected chi connectivity index (χ3v) is 2.04. The van der Waals surface area contributed by atoms with E-state index in [4.69, 9.17) is 0 Å². The van der Waals surface area contributed by atoms with Crippen LogP contribution >= 0.6 is 0 Å². The number of nitrogens with one attached hydrogen (secondary N) is 1. The molecule has 10 heavy (non-hydrogen) atoms. The lowest BCUT2D eigenvalue weighted by atomic mass is 10.2. The molecule has 0 bridgehead atoms. The van der Waals surface area contributed by atoms with Gasteiger partial charge in [-0.3, -0.25) is 0 Å². The molecule has 0 atom stereocenters. The van der Waals surface area contributed by atoms with Gasteiger partial charge in [-0.1, -0.05) is 26.2 Å². The third kappa shape index (κ3) is 3.89. The monoisotopic (exact) mass is 141 g/mol. The van der Waals surface area contributed by atoms with Crippen LogP contribution in [0, 0.1) is 0 Å². The topological polar surface area (TPSA) is 12.0 Å². The lowest BCUT2D eigenvalue weighted by molar-refractivity contribution is 0.596. The summed E-state index contributed by atoms with van der Waals surface area (Å²) in [6.07, 6.45) is 8.40. The average Bonchev–Trinajstić information content (AvgIpc) is 2.71. The number of rotatable bonds is 6. The van der Waals surface area contributed by atoms with E-state index in [1.165, 1.54) is 45.1 Å². The van der Waals surface area contributed by atoms with Gasteiger partial charge in [-0.15, -0.1) is 0 Å². The molecule has 0 amide bonds. The highest BCUT2D eigenvalue weighted by atomic mass is 14.9. The lowest BCUT2D eigenvalue weighted by Gasteiger charge is -2.00. The van der Waals surface area contributed by atoms with E-state index in [1.807, 2.05) is 0 Å². The van der Waals surface area contributed by atoms with Gasteiger partial charge in [-0.05, 0) is 25.8 Å². The molecule has 1 aliphatic carbocycles. The van der Waals surface area contributed by atoms with E-state index in [1.54, 1.807) is 0 Å². The number of hydrogen-bond donors (Lipinski definition) is 1. The lowest BCUT2D eigenvalue weighted by Crippen LogP contribution is -2.17.